The molecule has 1 fully saturated rings. The van der Waals surface area contributed by atoms with Gasteiger partial charge in [0.1, 0.15) is 5.60 Å². The third-order valence-corrected chi connectivity index (χ3v) is 3.72. The lowest BCUT2D eigenvalue weighted by Crippen LogP contribution is -2.47. The normalized spacial score (nSPS) is 21.3. The van der Waals surface area contributed by atoms with Gasteiger partial charge in [-0.05, 0) is 39.3 Å². The SMILES string of the molecule is CC(C)(C)OC(=O)N1CCC(O)C(CC#Cc2ccccc2)C1. The van der Waals surface area contributed by atoms with Crippen LogP contribution in [-0.2, 0) is 4.74 Å². The van der Waals surface area contributed by atoms with Crippen molar-refractivity contribution in [2.75, 3.05) is 13.1 Å². The predicted octanol–water partition coefficient (Wildman–Crippen LogP) is 3.05. The molecule has 1 saturated heterocycles. The standard InChI is InChI=1S/C19H25NO3/c1-19(2,3)23-18(22)20-13-12-17(21)16(14-20)11-7-10-15-8-5-4-6-9-15/h4-6,8-9,16-17,21H,11-14H2,1-3H3. The van der Waals surface area contributed by atoms with Crippen molar-refractivity contribution < 1.29 is 14.6 Å². The van der Waals surface area contributed by atoms with Gasteiger partial charge in [-0.1, -0.05) is 30.0 Å². The Kier molecular flexibility index (Phi) is 5.68. The van der Waals surface area contributed by atoms with Gasteiger partial charge in [0.15, 0.2) is 0 Å². The number of rotatable bonds is 1. The molecule has 1 N–H and O–H groups in total. The molecule has 1 aromatic rings. The number of hydrogen-bond acceptors (Lipinski definition) is 3. The lowest BCUT2D eigenvalue weighted by Gasteiger charge is -2.36. The van der Waals surface area contributed by atoms with Crippen LogP contribution >= 0.6 is 0 Å². The third-order valence-electron chi connectivity index (χ3n) is 3.72. The van der Waals surface area contributed by atoms with Crippen LogP contribution in [0.1, 0.15) is 39.2 Å². The third kappa shape index (κ3) is 5.61. The van der Waals surface area contributed by atoms with Crippen molar-refractivity contribution >= 4 is 6.09 Å². The Morgan fingerprint density at radius 3 is 2.70 bits per heavy atom. The van der Waals surface area contributed by atoms with Gasteiger partial charge in [0.2, 0.25) is 0 Å². The minimum Gasteiger partial charge on any atom is -0.444 e. The first-order valence-electron chi connectivity index (χ1n) is 8.05. The van der Waals surface area contributed by atoms with E-state index in [2.05, 4.69) is 11.8 Å². The molecule has 0 spiro atoms. The first-order chi connectivity index (χ1) is 10.8. The van der Waals surface area contributed by atoms with Gasteiger partial charge in [-0.2, -0.15) is 0 Å². The highest BCUT2D eigenvalue weighted by atomic mass is 16.6. The lowest BCUT2D eigenvalue weighted by molar-refractivity contribution is -0.00734. The summed E-state index contributed by atoms with van der Waals surface area (Å²) in [5.41, 5.74) is 0.456. The zero-order chi connectivity index (χ0) is 16.9. The van der Waals surface area contributed by atoms with E-state index in [0.717, 1.165) is 5.56 Å². The molecule has 1 amide bonds. The zero-order valence-corrected chi connectivity index (χ0v) is 14.1. The maximum Gasteiger partial charge on any atom is 0.410 e. The van der Waals surface area contributed by atoms with E-state index in [1.54, 1.807) is 4.90 Å². The number of nitrogens with zero attached hydrogens (tertiary/aromatic N) is 1. The van der Waals surface area contributed by atoms with Crippen molar-refractivity contribution in [2.45, 2.75) is 45.3 Å². The molecule has 4 heteroatoms. The fraction of sp³-hybridized carbons (Fsp3) is 0.526. The number of likely N-dealkylation sites (tertiary alicyclic amines) is 1. The number of aliphatic hydroxyl groups is 1. The highest BCUT2D eigenvalue weighted by Crippen LogP contribution is 2.22. The van der Waals surface area contributed by atoms with E-state index in [4.69, 9.17) is 4.74 Å². The van der Waals surface area contributed by atoms with Gasteiger partial charge in [0.05, 0.1) is 6.10 Å². The van der Waals surface area contributed by atoms with E-state index in [1.165, 1.54) is 0 Å². The van der Waals surface area contributed by atoms with Crippen LogP contribution in [0.5, 0.6) is 0 Å². The summed E-state index contributed by atoms with van der Waals surface area (Å²) in [6.07, 6.45) is 0.399. The maximum absolute atomic E-state index is 12.1. The molecule has 124 valence electrons. The van der Waals surface area contributed by atoms with Gasteiger partial charge < -0.3 is 14.7 Å². The molecule has 1 aromatic carbocycles. The van der Waals surface area contributed by atoms with Gasteiger partial charge in [0, 0.05) is 31.0 Å². The summed E-state index contributed by atoms with van der Waals surface area (Å²) in [6, 6.07) is 9.76. The van der Waals surface area contributed by atoms with Crippen LogP contribution in [0.2, 0.25) is 0 Å². The molecular formula is C19H25NO3. The quantitative estimate of drug-likeness (QED) is 0.810. The molecule has 4 nitrogen and oxygen atoms in total. The first-order valence-corrected chi connectivity index (χ1v) is 8.05. The van der Waals surface area contributed by atoms with Crippen molar-refractivity contribution in [1.29, 1.82) is 0 Å². The minimum atomic E-state index is -0.504. The first kappa shape index (κ1) is 17.4. The maximum atomic E-state index is 12.1. The van der Waals surface area contributed by atoms with Gasteiger partial charge >= 0.3 is 6.09 Å². The number of benzene rings is 1. The molecule has 0 radical (unpaired) electrons. The number of carbonyl (C=O) groups is 1. The van der Waals surface area contributed by atoms with Crippen LogP contribution in [0.4, 0.5) is 4.79 Å². The zero-order valence-electron chi connectivity index (χ0n) is 14.1. The van der Waals surface area contributed by atoms with Crippen molar-refractivity contribution in [3.05, 3.63) is 35.9 Å². The van der Waals surface area contributed by atoms with Crippen molar-refractivity contribution in [2.24, 2.45) is 5.92 Å². The van der Waals surface area contributed by atoms with E-state index >= 15 is 0 Å². The smallest absolute Gasteiger partial charge is 0.410 e. The molecule has 0 aliphatic carbocycles. The topological polar surface area (TPSA) is 49.8 Å². The second kappa shape index (κ2) is 7.52. The van der Waals surface area contributed by atoms with Gasteiger partial charge in [-0.3, -0.25) is 0 Å². The van der Waals surface area contributed by atoms with E-state index in [9.17, 15) is 9.90 Å². The summed E-state index contributed by atoms with van der Waals surface area (Å²) in [4.78, 5) is 13.8. The number of ether oxygens (including phenoxy) is 1. The second-order valence-corrected chi connectivity index (χ2v) is 6.91. The molecule has 2 rings (SSSR count). The molecule has 1 heterocycles. The Morgan fingerprint density at radius 1 is 1.35 bits per heavy atom. The van der Waals surface area contributed by atoms with Crippen LogP contribution in [0.3, 0.4) is 0 Å². The van der Waals surface area contributed by atoms with Crippen LogP contribution in [-0.4, -0.2) is 40.9 Å². The molecule has 23 heavy (non-hydrogen) atoms. The molecule has 2 unspecified atom stereocenters. The van der Waals surface area contributed by atoms with Gasteiger partial charge in [-0.15, -0.1) is 0 Å². The highest BCUT2D eigenvalue weighted by Gasteiger charge is 2.32. The molecule has 2 atom stereocenters. The van der Waals surface area contributed by atoms with Crippen LogP contribution in [0, 0.1) is 17.8 Å². The predicted molar refractivity (Wildman–Crippen MR) is 89.9 cm³/mol. The average Bonchev–Trinajstić information content (AvgIpc) is 2.48. The molecule has 0 aromatic heterocycles. The number of amides is 1. The van der Waals surface area contributed by atoms with E-state index < -0.39 is 11.7 Å². The van der Waals surface area contributed by atoms with E-state index in [-0.39, 0.29) is 12.0 Å². The number of carbonyl (C=O) groups excluding carboxylic acids is 1. The monoisotopic (exact) mass is 315 g/mol. The Labute approximate surface area is 138 Å². The molecule has 0 bridgehead atoms. The van der Waals surface area contributed by atoms with Crippen LogP contribution in [0.25, 0.3) is 0 Å². The second-order valence-electron chi connectivity index (χ2n) is 6.91. The highest BCUT2D eigenvalue weighted by molar-refractivity contribution is 5.68. The fourth-order valence-electron chi connectivity index (χ4n) is 2.52. The Bertz CT molecular complexity index is 580. The van der Waals surface area contributed by atoms with Crippen LogP contribution in [0.15, 0.2) is 30.3 Å². The molecule has 0 saturated carbocycles. The number of aliphatic hydroxyl groups excluding tert-OH is 1. The largest absolute Gasteiger partial charge is 0.444 e. The molecular weight excluding hydrogens is 290 g/mol. The summed E-state index contributed by atoms with van der Waals surface area (Å²) < 4.78 is 5.40. The van der Waals surface area contributed by atoms with Crippen LogP contribution < -0.4 is 0 Å². The molecule has 1 aliphatic rings. The summed E-state index contributed by atoms with van der Waals surface area (Å²) in [6.45, 7) is 6.57. The summed E-state index contributed by atoms with van der Waals surface area (Å²) >= 11 is 0. The van der Waals surface area contributed by atoms with E-state index in [1.807, 2.05) is 51.1 Å². The fourth-order valence-corrected chi connectivity index (χ4v) is 2.52. The number of hydrogen-bond donors (Lipinski definition) is 1. The lowest BCUT2D eigenvalue weighted by atomic mass is 9.92. The van der Waals surface area contributed by atoms with Gasteiger partial charge in [0.25, 0.3) is 0 Å². The Morgan fingerprint density at radius 2 is 2.04 bits per heavy atom. The van der Waals surface area contributed by atoms with Crippen molar-refractivity contribution in [3.63, 3.8) is 0 Å². The van der Waals surface area contributed by atoms with Crippen molar-refractivity contribution in [3.8, 4) is 11.8 Å². The Hall–Kier alpha value is -1.99. The van der Waals surface area contributed by atoms with E-state index in [0.29, 0.717) is 25.9 Å². The summed E-state index contributed by atoms with van der Waals surface area (Å²) in [5, 5.41) is 10.2. The average molecular weight is 315 g/mol. The Balaban J connectivity index is 1.93. The number of piperidine rings is 1. The van der Waals surface area contributed by atoms with Gasteiger partial charge in [-0.25, -0.2) is 4.79 Å². The summed E-state index contributed by atoms with van der Waals surface area (Å²) in [7, 11) is 0. The van der Waals surface area contributed by atoms with Crippen molar-refractivity contribution in [1.82, 2.24) is 4.90 Å². The summed E-state index contributed by atoms with van der Waals surface area (Å²) in [5.74, 6) is 6.19. The minimum absolute atomic E-state index is 0.0347. The molecule has 1 aliphatic heterocycles.